The number of aromatic nitrogens is 2. The van der Waals surface area contributed by atoms with Gasteiger partial charge in [-0.05, 0) is 18.2 Å². The molecule has 2 aromatic rings. The summed E-state index contributed by atoms with van der Waals surface area (Å²) < 4.78 is 13.3. The summed E-state index contributed by atoms with van der Waals surface area (Å²) in [6, 6.07) is 5.69. The third-order valence-corrected chi connectivity index (χ3v) is 4.33. The van der Waals surface area contributed by atoms with Crippen LogP contribution in [-0.4, -0.2) is 35.5 Å². The SMILES string of the molecule is COC1(Cn2c(CCl)nc3cc(Cl)ccc32)CCOC1. The molecule has 0 N–H and O–H groups in total. The average Bonchev–Trinajstić information content (AvgIpc) is 3.04. The number of hydrogen-bond acceptors (Lipinski definition) is 3. The molecular weight excluding hydrogens is 299 g/mol. The maximum atomic E-state index is 6.03. The molecular formula is C14H16Cl2N2O2. The minimum atomic E-state index is -0.298. The summed E-state index contributed by atoms with van der Waals surface area (Å²) in [6.07, 6.45) is 0.874. The first-order chi connectivity index (χ1) is 9.67. The van der Waals surface area contributed by atoms with Crippen molar-refractivity contribution in [3.05, 3.63) is 29.0 Å². The molecule has 0 radical (unpaired) electrons. The van der Waals surface area contributed by atoms with Crippen LogP contribution < -0.4 is 0 Å². The van der Waals surface area contributed by atoms with E-state index in [1.165, 1.54) is 0 Å². The Bertz CT molecular complexity index is 621. The van der Waals surface area contributed by atoms with Gasteiger partial charge in [0.1, 0.15) is 11.4 Å². The number of hydrogen-bond donors (Lipinski definition) is 0. The van der Waals surface area contributed by atoms with Crippen LogP contribution in [0, 0.1) is 0 Å². The molecule has 0 amide bonds. The van der Waals surface area contributed by atoms with E-state index in [0.717, 1.165) is 29.9 Å². The van der Waals surface area contributed by atoms with Gasteiger partial charge in [-0.2, -0.15) is 0 Å². The predicted octanol–water partition coefficient (Wildman–Crippen LogP) is 3.23. The molecule has 20 heavy (non-hydrogen) atoms. The van der Waals surface area contributed by atoms with E-state index in [9.17, 15) is 0 Å². The second-order valence-corrected chi connectivity index (χ2v) is 5.77. The average molecular weight is 315 g/mol. The lowest BCUT2D eigenvalue weighted by atomic mass is 10.0. The van der Waals surface area contributed by atoms with Gasteiger partial charge in [-0.3, -0.25) is 0 Å². The smallest absolute Gasteiger partial charge is 0.124 e. The maximum absolute atomic E-state index is 6.03. The molecule has 4 nitrogen and oxygen atoms in total. The van der Waals surface area contributed by atoms with Crippen molar-refractivity contribution < 1.29 is 9.47 Å². The highest BCUT2D eigenvalue weighted by Crippen LogP contribution is 2.29. The quantitative estimate of drug-likeness (QED) is 0.813. The van der Waals surface area contributed by atoms with Crippen LogP contribution in [0.4, 0.5) is 0 Å². The van der Waals surface area contributed by atoms with E-state index in [1.54, 1.807) is 7.11 Å². The molecule has 3 rings (SSSR count). The molecule has 2 heterocycles. The van der Waals surface area contributed by atoms with Gasteiger partial charge in [0.25, 0.3) is 0 Å². The molecule has 0 aliphatic carbocycles. The normalized spacial score (nSPS) is 22.8. The Balaban J connectivity index is 2.05. The van der Waals surface area contributed by atoms with Crippen LogP contribution in [0.5, 0.6) is 0 Å². The van der Waals surface area contributed by atoms with Crippen molar-refractivity contribution in [2.24, 2.45) is 0 Å². The molecule has 1 atom stereocenters. The van der Waals surface area contributed by atoms with E-state index < -0.39 is 0 Å². The molecule has 1 unspecified atom stereocenters. The summed E-state index contributed by atoms with van der Waals surface area (Å²) in [6.45, 7) is 2.00. The van der Waals surface area contributed by atoms with Gasteiger partial charge in [-0.25, -0.2) is 4.98 Å². The zero-order valence-electron chi connectivity index (χ0n) is 11.2. The number of nitrogens with zero attached hydrogens (tertiary/aromatic N) is 2. The largest absolute Gasteiger partial charge is 0.378 e. The molecule has 0 bridgehead atoms. The van der Waals surface area contributed by atoms with Crippen molar-refractivity contribution in [1.29, 1.82) is 0 Å². The van der Waals surface area contributed by atoms with Crippen LogP contribution >= 0.6 is 23.2 Å². The Hall–Kier alpha value is -0.810. The molecule has 1 aliphatic heterocycles. The Morgan fingerprint density at radius 3 is 3.00 bits per heavy atom. The highest BCUT2D eigenvalue weighted by Gasteiger charge is 2.36. The Morgan fingerprint density at radius 2 is 2.35 bits per heavy atom. The Kier molecular flexibility index (Phi) is 3.91. The lowest BCUT2D eigenvalue weighted by Crippen LogP contribution is -2.37. The van der Waals surface area contributed by atoms with E-state index >= 15 is 0 Å². The molecule has 108 valence electrons. The van der Waals surface area contributed by atoms with Gasteiger partial charge >= 0.3 is 0 Å². The minimum absolute atomic E-state index is 0.298. The fourth-order valence-corrected chi connectivity index (χ4v) is 3.03. The van der Waals surface area contributed by atoms with Crippen molar-refractivity contribution in [3.63, 3.8) is 0 Å². The third kappa shape index (κ3) is 2.42. The number of imidazole rings is 1. The molecule has 1 aromatic heterocycles. The summed E-state index contributed by atoms with van der Waals surface area (Å²) in [4.78, 5) is 4.55. The van der Waals surface area contributed by atoms with E-state index in [0.29, 0.717) is 24.1 Å². The molecule has 0 spiro atoms. The summed E-state index contributed by atoms with van der Waals surface area (Å²) in [5.41, 5.74) is 1.58. The van der Waals surface area contributed by atoms with Crippen molar-refractivity contribution in [2.45, 2.75) is 24.4 Å². The Labute approximate surface area is 127 Å². The van der Waals surface area contributed by atoms with Gasteiger partial charge in [0, 0.05) is 25.2 Å². The summed E-state index contributed by atoms with van der Waals surface area (Å²) in [7, 11) is 1.73. The molecule has 0 saturated carbocycles. The van der Waals surface area contributed by atoms with Gasteiger partial charge in [0.2, 0.25) is 0 Å². The number of benzene rings is 1. The third-order valence-electron chi connectivity index (χ3n) is 3.86. The van der Waals surface area contributed by atoms with E-state index in [-0.39, 0.29) is 5.60 Å². The van der Waals surface area contributed by atoms with Crippen LogP contribution in [0.3, 0.4) is 0 Å². The van der Waals surface area contributed by atoms with E-state index in [1.807, 2.05) is 18.2 Å². The molecule has 1 fully saturated rings. The summed E-state index contributed by atoms with van der Waals surface area (Å²) in [5, 5.41) is 0.675. The number of ether oxygens (including phenoxy) is 2. The van der Waals surface area contributed by atoms with Crippen LogP contribution in [0.2, 0.25) is 5.02 Å². The maximum Gasteiger partial charge on any atom is 0.124 e. The highest BCUT2D eigenvalue weighted by molar-refractivity contribution is 6.31. The summed E-state index contributed by atoms with van der Waals surface area (Å²) in [5.74, 6) is 1.18. The number of methoxy groups -OCH3 is 1. The molecule has 6 heteroatoms. The van der Waals surface area contributed by atoms with Gasteiger partial charge in [0.05, 0.1) is 30.1 Å². The zero-order chi connectivity index (χ0) is 14.2. The first-order valence-electron chi connectivity index (χ1n) is 6.51. The first kappa shape index (κ1) is 14.1. The van der Waals surface area contributed by atoms with Gasteiger partial charge in [0.15, 0.2) is 0 Å². The van der Waals surface area contributed by atoms with Gasteiger partial charge in [-0.15, -0.1) is 11.6 Å². The topological polar surface area (TPSA) is 36.3 Å². The summed E-state index contributed by atoms with van der Waals surface area (Å²) >= 11 is 12.1. The van der Waals surface area contributed by atoms with Crippen molar-refractivity contribution in [3.8, 4) is 0 Å². The van der Waals surface area contributed by atoms with Crippen molar-refractivity contribution in [1.82, 2.24) is 9.55 Å². The number of alkyl halides is 1. The number of rotatable bonds is 4. The van der Waals surface area contributed by atoms with Crippen LogP contribution in [0.25, 0.3) is 11.0 Å². The monoisotopic (exact) mass is 314 g/mol. The molecule has 1 saturated heterocycles. The second-order valence-electron chi connectivity index (χ2n) is 5.07. The number of fused-ring (bicyclic) bond motifs is 1. The second kappa shape index (κ2) is 5.53. The van der Waals surface area contributed by atoms with Gasteiger partial charge in [-0.1, -0.05) is 11.6 Å². The highest BCUT2D eigenvalue weighted by atomic mass is 35.5. The van der Waals surface area contributed by atoms with Crippen molar-refractivity contribution >= 4 is 34.2 Å². The lowest BCUT2D eigenvalue weighted by Gasteiger charge is -2.27. The van der Waals surface area contributed by atoms with Crippen LogP contribution in [-0.2, 0) is 21.9 Å². The number of halogens is 2. The van der Waals surface area contributed by atoms with Crippen LogP contribution in [0.1, 0.15) is 12.2 Å². The molecule has 1 aromatic carbocycles. The minimum Gasteiger partial charge on any atom is -0.378 e. The fourth-order valence-electron chi connectivity index (χ4n) is 2.66. The van der Waals surface area contributed by atoms with E-state index in [4.69, 9.17) is 32.7 Å². The first-order valence-corrected chi connectivity index (χ1v) is 7.42. The van der Waals surface area contributed by atoms with Gasteiger partial charge < -0.3 is 14.0 Å². The standard InChI is InChI=1S/C14H16Cl2N2O2/c1-19-14(4-5-20-9-14)8-18-12-3-2-10(16)6-11(12)17-13(18)7-15/h2-3,6H,4-5,7-9H2,1H3. The predicted molar refractivity (Wildman–Crippen MR) is 79.5 cm³/mol. The van der Waals surface area contributed by atoms with E-state index in [2.05, 4.69) is 9.55 Å². The fraction of sp³-hybridized carbons (Fsp3) is 0.500. The molecule has 1 aliphatic rings. The Morgan fingerprint density at radius 1 is 1.50 bits per heavy atom. The van der Waals surface area contributed by atoms with Crippen LogP contribution in [0.15, 0.2) is 18.2 Å². The lowest BCUT2D eigenvalue weighted by molar-refractivity contribution is -0.0291. The zero-order valence-corrected chi connectivity index (χ0v) is 12.7. The van der Waals surface area contributed by atoms with Crippen molar-refractivity contribution in [2.75, 3.05) is 20.3 Å².